The molecule has 2 unspecified atom stereocenters. The van der Waals surface area contributed by atoms with E-state index in [4.69, 9.17) is 9.84 Å². The Labute approximate surface area is 118 Å². The minimum Gasteiger partial charge on any atom is -0.394 e. The third kappa shape index (κ3) is 3.99. The third-order valence-electron chi connectivity index (χ3n) is 3.38. The van der Waals surface area contributed by atoms with Gasteiger partial charge in [0.05, 0.1) is 25.9 Å². The van der Waals surface area contributed by atoms with Crippen LogP contribution in [0, 0.1) is 5.92 Å². The van der Waals surface area contributed by atoms with Crippen LogP contribution in [0.2, 0.25) is 0 Å². The van der Waals surface area contributed by atoms with E-state index in [1.54, 1.807) is 7.05 Å². The standard InChI is InChI=1S/C13H24N2O5/c1-8(2)4-9(11(18)13(6-17)7-20-13)15-12(19)10(5-16)14-3/h8-10,14,16-17H,4-7H2,1-3H3,(H,15,19)/t9?,10-,13?/m0/s1. The molecule has 3 atom stereocenters. The van der Waals surface area contributed by atoms with Crippen molar-refractivity contribution in [3.05, 3.63) is 0 Å². The molecule has 0 bridgehead atoms. The van der Waals surface area contributed by atoms with E-state index in [0.29, 0.717) is 6.42 Å². The first-order chi connectivity index (χ1) is 9.40. The minimum absolute atomic E-state index is 0.183. The molecule has 0 aromatic carbocycles. The summed E-state index contributed by atoms with van der Waals surface area (Å²) < 4.78 is 5.05. The molecule has 116 valence electrons. The van der Waals surface area contributed by atoms with Gasteiger partial charge in [-0.1, -0.05) is 13.8 Å². The number of aliphatic hydroxyl groups excluding tert-OH is 2. The first kappa shape index (κ1) is 17.0. The number of hydrogen-bond donors (Lipinski definition) is 4. The fourth-order valence-corrected chi connectivity index (χ4v) is 2.00. The van der Waals surface area contributed by atoms with Gasteiger partial charge in [-0.15, -0.1) is 0 Å². The molecule has 7 heteroatoms. The van der Waals surface area contributed by atoms with Crippen LogP contribution in [0.3, 0.4) is 0 Å². The van der Waals surface area contributed by atoms with Crippen molar-refractivity contribution in [3.63, 3.8) is 0 Å². The number of carbonyl (C=O) groups excluding carboxylic acids is 2. The molecule has 1 aliphatic heterocycles. The summed E-state index contributed by atoms with van der Waals surface area (Å²) in [6.07, 6.45) is 0.456. The zero-order chi connectivity index (χ0) is 15.3. The lowest BCUT2D eigenvalue weighted by atomic mass is 9.92. The molecular formula is C13H24N2O5. The summed E-state index contributed by atoms with van der Waals surface area (Å²) in [5.41, 5.74) is -1.15. The van der Waals surface area contributed by atoms with E-state index in [1.807, 2.05) is 13.8 Å². The van der Waals surface area contributed by atoms with Gasteiger partial charge in [0.25, 0.3) is 0 Å². The third-order valence-corrected chi connectivity index (χ3v) is 3.38. The summed E-state index contributed by atoms with van der Waals surface area (Å²) in [6.45, 7) is 3.32. The molecule has 1 rings (SSSR count). The van der Waals surface area contributed by atoms with Gasteiger partial charge in [0.1, 0.15) is 6.04 Å². The summed E-state index contributed by atoms with van der Waals surface area (Å²) in [5.74, 6) is -0.557. The van der Waals surface area contributed by atoms with Crippen LogP contribution < -0.4 is 10.6 Å². The van der Waals surface area contributed by atoms with E-state index in [0.717, 1.165) is 0 Å². The number of ether oxygens (including phenoxy) is 1. The van der Waals surface area contributed by atoms with Gasteiger partial charge in [0, 0.05) is 0 Å². The Morgan fingerprint density at radius 1 is 1.30 bits per heavy atom. The summed E-state index contributed by atoms with van der Waals surface area (Å²) in [6, 6.07) is -1.48. The van der Waals surface area contributed by atoms with Crippen molar-refractivity contribution in [1.82, 2.24) is 10.6 Å². The fraction of sp³-hybridized carbons (Fsp3) is 0.846. The Bertz CT molecular complexity index is 351. The Morgan fingerprint density at radius 2 is 1.90 bits per heavy atom. The number of epoxide rings is 1. The topological polar surface area (TPSA) is 111 Å². The highest BCUT2D eigenvalue weighted by molar-refractivity contribution is 5.97. The van der Waals surface area contributed by atoms with Gasteiger partial charge in [-0.2, -0.15) is 0 Å². The summed E-state index contributed by atoms with van der Waals surface area (Å²) in [5, 5.41) is 23.6. The Hall–Kier alpha value is -1.02. The maximum atomic E-state index is 12.3. The lowest BCUT2D eigenvalue weighted by Crippen LogP contribution is -2.54. The lowest BCUT2D eigenvalue weighted by molar-refractivity contribution is -0.133. The van der Waals surface area contributed by atoms with Gasteiger partial charge in [-0.3, -0.25) is 9.59 Å². The van der Waals surface area contributed by atoms with Gasteiger partial charge in [-0.05, 0) is 19.4 Å². The summed E-state index contributed by atoms with van der Waals surface area (Å²) in [4.78, 5) is 24.3. The van der Waals surface area contributed by atoms with E-state index in [-0.39, 0.29) is 31.5 Å². The number of carbonyl (C=O) groups is 2. The highest BCUT2D eigenvalue weighted by atomic mass is 16.6. The van der Waals surface area contributed by atoms with E-state index in [2.05, 4.69) is 10.6 Å². The molecule has 1 amide bonds. The van der Waals surface area contributed by atoms with Crippen LogP contribution in [0.15, 0.2) is 0 Å². The van der Waals surface area contributed by atoms with Gasteiger partial charge in [-0.25, -0.2) is 0 Å². The molecule has 0 aromatic heterocycles. The summed E-state index contributed by atoms with van der Waals surface area (Å²) >= 11 is 0. The van der Waals surface area contributed by atoms with E-state index in [1.165, 1.54) is 0 Å². The number of aliphatic hydroxyl groups is 2. The van der Waals surface area contributed by atoms with Crippen LogP contribution in [0.4, 0.5) is 0 Å². The normalized spacial score (nSPS) is 24.3. The molecule has 4 N–H and O–H groups in total. The maximum Gasteiger partial charge on any atom is 0.240 e. The molecular weight excluding hydrogens is 264 g/mol. The van der Waals surface area contributed by atoms with Gasteiger partial charge >= 0.3 is 0 Å². The van der Waals surface area contributed by atoms with Crippen LogP contribution in [0.5, 0.6) is 0 Å². The summed E-state index contributed by atoms with van der Waals surface area (Å²) in [7, 11) is 1.55. The van der Waals surface area contributed by atoms with E-state index < -0.39 is 23.6 Å². The van der Waals surface area contributed by atoms with Gasteiger partial charge in [0.2, 0.25) is 5.91 Å². The number of rotatable bonds is 9. The van der Waals surface area contributed by atoms with Crippen molar-refractivity contribution >= 4 is 11.7 Å². The Balaban J connectivity index is 2.74. The number of hydrogen-bond acceptors (Lipinski definition) is 6. The predicted octanol–water partition coefficient (Wildman–Crippen LogP) is -1.57. The van der Waals surface area contributed by atoms with Crippen LogP contribution >= 0.6 is 0 Å². The van der Waals surface area contributed by atoms with Crippen LogP contribution in [-0.4, -0.2) is 66.5 Å². The molecule has 20 heavy (non-hydrogen) atoms. The van der Waals surface area contributed by atoms with Crippen molar-refractivity contribution in [2.45, 2.75) is 38.0 Å². The molecule has 1 saturated heterocycles. The second-order valence-electron chi connectivity index (χ2n) is 5.52. The predicted molar refractivity (Wildman–Crippen MR) is 72.1 cm³/mol. The fourth-order valence-electron chi connectivity index (χ4n) is 2.00. The van der Waals surface area contributed by atoms with Crippen molar-refractivity contribution < 1.29 is 24.5 Å². The Kier molecular flexibility index (Phi) is 6.07. The second kappa shape index (κ2) is 7.12. The van der Waals surface area contributed by atoms with Crippen molar-refractivity contribution in [3.8, 4) is 0 Å². The highest BCUT2D eigenvalue weighted by Gasteiger charge is 2.54. The number of ketones is 1. The second-order valence-corrected chi connectivity index (χ2v) is 5.52. The smallest absolute Gasteiger partial charge is 0.240 e. The number of nitrogens with one attached hydrogen (secondary N) is 2. The first-order valence-corrected chi connectivity index (χ1v) is 6.77. The molecule has 1 fully saturated rings. The quantitative estimate of drug-likeness (QED) is 0.381. The zero-order valence-electron chi connectivity index (χ0n) is 12.2. The molecule has 0 radical (unpaired) electrons. The molecule has 7 nitrogen and oxygen atoms in total. The average Bonchev–Trinajstić information content (AvgIpc) is 3.19. The highest BCUT2D eigenvalue weighted by Crippen LogP contribution is 2.29. The Morgan fingerprint density at radius 3 is 2.25 bits per heavy atom. The number of amides is 1. The van der Waals surface area contributed by atoms with Crippen molar-refractivity contribution in [1.29, 1.82) is 0 Å². The lowest BCUT2D eigenvalue weighted by Gasteiger charge is -2.24. The molecule has 0 aromatic rings. The first-order valence-electron chi connectivity index (χ1n) is 6.77. The SMILES string of the molecule is CN[C@@H](CO)C(=O)NC(CC(C)C)C(=O)C1(CO)CO1. The van der Waals surface area contributed by atoms with Crippen LogP contribution in [0.25, 0.3) is 0 Å². The zero-order valence-corrected chi connectivity index (χ0v) is 12.2. The maximum absolute atomic E-state index is 12.3. The van der Waals surface area contributed by atoms with E-state index in [9.17, 15) is 14.7 Å². The largest absolute Gasteiger partial charge is 0.394 e. The number of likely N-dealkylation sites (N-methyl/N-ethyl adjacent to an activating group) is 1. The van der Waals surface area contributed by atoms with Crippen LogP contribution in [0.1, 0.15) is 20.3 Å². The minimum atomic E-state index is -1.15. The van der Waals surface area contributed by atoms with Gasteiger partial charge in [0.15, 0.2) is 11.4 Å². The molecule has 0 saturated carbocycles. The average molecular weight is 288 g/mol. The van der Waals surface area contributed by atoms with Crippen LogP contribution in [-0.2, 0) is 14.3 Å². The molecule has 1 aliphatic rings. The monoisotopic (exact) mass is 288 g/mol. The van der Waals surface area contributed by atoms with Crippen molar-refractivity contribution in [2.24, 2.45) is 5.92 Å². The molecule has 0 aliphatic carbocycles. The van der Waals surface area contributed by atoms with Crippen molar-refractivity contribution in [2.75, 3.05) is 26.9 Å². The molecule has 1 heterocycles. The van der Waals surface area contributed by atoms with Gasteiger partial charge < -0.3 is 25.6 Å². The van der Waals surface area contributed by atoms with E-state index >= 15 is 0 Å². The number of Topliss-reactive ketones (excluding diaryl/α,β-unsaturated/α-hetero) is 1. The molecule has 0 spiro atoms.